The van der Waals surface area contributed by atoms with Gasteiger partial charge in [-0.15, -0.1) is 0 Å². The molecule has 0 atom stereocenters. The number of aromatic hydroxyl groups is 1. The zero-order chi connectivity index (χ0) is 18.1. The van der Waals surface area contributed by atoms with Gasteiger partial charge in [0.1, 0.15) is 24.4 Å². The van der Waals surface area contributed by atoms with Crippen molar-refractivity contribution >= 4 is 16.8 Å². The predicted octanol–water partition coefficient (Wildman–Crippen LogP) is -0.702. The maximum absolute atomic E-state index is 12.7. The van der Waals surface area contributed by atoms with E-state index in [2.05, 4.69) is 5.32 Å². The van der Waals surface area contributed by atoms with E-state index >= 15 is 0 Å². The zero-order valence-electron chi connectivity index (χ0n) is 14.7. The molecule has 0 radical (unpaired) electrons. The average Bonchev–Trinajstić information content (AvgIpc) is 3.10. The van der Waals surface area contributed by atoms with Gasteiger partial charge < -0.3 is 24.6 Å². The minimum absolute atomic E-state index is 0.143. The Kier molecular flexibility index (Phi) is 4.65. The van der Waals surface area contributed by atoms with Gasteiger partial charge in [0, 0.05) is 24.9 Å². The third-order valence-corrected chi connectivity index (χ3v) is 5.36. The first kappa shape index (κ1) is 17.1. The zero-order valence-corrected chi connectivity index (χ0v) is 14.7. The predicted molar refractivity (Wildman–Crippen MR) is 96.9 cm³/mol. The van der Waals surface area contributed by atoms with Crippen LogP contribution in [0.3, 0.4) is 0 Å². The summed E-state index contributed by atoms with van der Waals surface area (Å²) < 4.78 is 6.94. The normalized spacial score (nSPS) is 16.9. The Labute approximate surface area is 151 Å². The summed E-state index contributed by atoms with van der Waals surface area (Å²) in [4.78, 5) is 26.7. The molecule has 138 valence electrons. The quantitative estimate of drug-likeness (QED) is 0.617. The van der Waals surface area contributed by atoms with Crippen molar-refractivity contribution in [2.45, 2.75) is 19.4 Å². The molecule has 1 fully saturated rings. The highest BCUT2D eigenvalue weighted by atomic mass is 16.5. The molecule has 1 saturated heterocycles. The summed E-state index contributed by atoms with van der Waals surface area (Å²) in [5, 5.41) is 13.9. The molecular formula is C19H24N3O4+. The Morgan fingerprint density at radius 2 is 2.12 bits per heavy atom. The van der Waals surface area contributed by atoms with E-state index in [9.17, 15) is 14.7 Å². The van der Waals surface area contributed by atoms with E-state index in [-0.39, 0.29) is 11.3 Å². The van der Waals surface area contributed by atoms with E-state index < -0.39 is 11.5 Å². The smallest absolute Gasteiger partial charge is 0.267 e. The van der Waals surface area contributed by atoms with Crippen LogP contribution >= 0.6 is 0 Å². The molecule has 3 heterocycles. The molecule has 1 amide bonds. The van der Waals surface area contributed by atoms with Crippen LogP contribution in [0.4, 0.5) is 0 Å². The number of pyridine rings is 1. The Hall–Kier alpha value is -2.38. The second kappa shape index (κ2) is 7.09. The number of para-hydroxylation sites is 1. The van der Waals surface area contributed by atoms with Crippen LogP contribution in [0.25, 0.3) is 10.9 Å². The number of carbonyl (C=O) groups excluding carboxylic acids is 1. The van der Waals surface area contributed by atoms with Crippen molar-refractivity contribution in [1.82, 2.24) is 9.88 Å². The van der Waals surface area contributed by atoms with Crippen LogP contribution in [0.5, 0.6) is 5.75 Å². The molecule has 2 aliphatic rings. The van der Waals surface area contributed by atoms with Gasteiger partial charge in [0.15, 0.2) is 0 Å². The highest BCUT2D eigenvalue weighted by Crippen LogP contribution is 2.31. The van der Waals surface area contributed by atoms with E-state index in [1.54, 1.807) is 10.6 Å². The van der Waals surface area contributed by atoms with Crippen molar-refractivity contribution < 1.29 is 19.5 Å². The largest absolute Gasteiger partial charge is 0.506 e. The number of morpholine rings is 1. The molecule has 2 aromatic rings. The SMILES string of the molecule is O=C(NCCC[NH+]1CCOCC1)c1c(O)c2cccc3c2n(c1=O)CC3. The van der Waals surface area contributed by atoms with Gasteiger partial charge in [-0.1, -0.05) is 12.1 Å². The lowest BCUT2D eigenvalue weighted by atomic mass is 10.1. The van der Waals surface area contributed by atoms with E-state index in [1.165, 1.54) is 4.90 Å². The summed E-state index contributed by atoms with van der Waals surface area (Å²) in [7, 11) is 0. The third kappa shape index (κ3) is 2.97. The molecule has 0 saturated carbocycles. The Morgan fingerprint density at radius 3 is 2.92 bits per heavy atom. The fraction of sp³-hybridized carbons (Fsp3) is 0.474. The number of carbonyl (C=O) groups is 1. The number of aryl methyl sites for hydroxylation is 2. The molecule has 3 N–H and O–H groups in total. The number of rotatable bonds is 5. The van der Waals surface area contributed by atoms with Crippen molar-refractivity contribution in [2.24, 2.45) is 0 Å². The Balaban J connectivity index is 1.48. The molecule has 1 aromatic heterocycles. The van der Waals surface area contributed by atoms with Gasteiger partial charge in [-0.25, -0.2) is 0 Å². The lowest BCUT2D eigenvalue weighted by Crippen LogP contribution is -3.14. The molecule has 0 aliphatic carbocycles. The molecule has 7 nitrogen and oxygen atoms in total. The first-order valence-electron chi connectivity index (χ1n) is 9.23. The number of hydrogen-bond donors (Lipinski definition) is 3. The standard InChI is InChI=1S/C19H23N3O4/c23-17-14-4-1-3-13-5-8-22(16(13)14)19(25)15(17)18(24)20-6-2-7-21-9-11-26-12-10-21/h1,3-4,23H,2,5-12H2,(H,20,24)/p+1. The van der Waals surface area contributed by atoms with Crippen molar-refractivity contribution in [3.8, 4) is 5.75 Å². The molecule has 0 spiro atoms. The number of benzene rings is 1. The fourth-order valence-corrected chi connectivity index (χ4v) is 3.96. The van der Waals surface area contributed by atoms with Gasteiger partial charge >= 0.3 is 0 Å². The van der Waals surface area contributed by atoms with Gasteiger partial charge in [0.25, 0.3) is 11.5 Å². The molecule has 7 heteroatoms. The summed E-state index contributed by atoms with van der Waals surface area (Å²) in [5.41, 5.74) is 1.24. The lowest BCUT2D eigenvalue weighted by Gasteiger charge is -2.23. The number of aromatic nitrogens is 1. The maximum atomic E-state index is 12.7. The van der Waals surface area contributed by atoms with Crippen molar-refractivity contribution in [3.05, 3.63) is 39.7 Å². The second-order valence-electron chi connectivity index (χ2n) is 6.97. The van der Waals surface area contributed by atoms with Crippen LogP contribution in [0.1, 0.15) is 22.3 Å². The molecular weight excluding hydrogens is 334 g/mol. The number of quaternary nitrogens is 1. The van der Waals surface area contributed by atoms with Crippen LogP contribution < -0.4 is 15.8 Å². The molecule has 1 aromatic carbocycles. The van der Waals surface area contributed by atoms with E-state index in [0.717, 1.165) is 56.8 Å². The van der Waals surface area contributed by atoms with Gasteiger partial charge in [-0.2, -0.15) is 0 Å². The topological polar surface area (TPSA) is 85.0 Å². The number of ether oxygens (including phenoxy) is 1. The summed E-state index contributed by atoms with van der Waals surface area (Å²) in [6.45, 7) is 5.55. The average molecular weight is 358 g/mol. The summed E-state index contributed by atoms with van der Waals surface area (Å²) in [6.07, 6.45) is 1.58. The van der Waals surface area contributed by atoms with Crippen molar-refractivity contribution in [3.63, 3.8) is 0 Å². The molecule has 4 rings (SSSR count). The van der Waals surface area contributed by atoms with Crippen LogP contribution in [0.15, 0.2) is 23.0 Å². The number of nitrogens with one attached hydrogen (secondary N) is 2. The maximum Gasteiger partial charge on any atom is 0.267 e. The minimum Gasteiger partial charge on any atom is -0.506 e. The van der Waals surface area contributed by atoms with Crippen LogP contribution in [0.2, 0.25) is 0 Å². The molecule has 26 heavy (non-hydrogen) atoms. The highest BCUT2D eigenvalue weighted by Gasteiger charge is 2.25. The lowest BCUT2D eigenvalue weighted by molar-refractivity contribution is -0.908. The third-order valence-electron chi connectivity index (χ3n) is 5.36. The first-order chi connectivity index (χ1) is 12.7. The number of hydrogen-bond acceptors (Lipinski definition) is 4. The van der Waals surface area contributed by atoms with Gasteiger partial charge in [0.05, 0.1) is 25.3 Å². The van der Waals surface area contributed by atoms with Gasteiger partial charge in [-0.3, -0.25) is 9.59 Å². The molecule has 0 bridgehead atoms. The Morgan fingerprint density at radius 1 is 1.31 bits per heavy atom. The highest BCUT2D eigenvalue weighted by molar-refractivity contribution is 6.03. The van der Waals surface area contributed by atoms with Crippen LogP contribution in [-0.4, -0.2) is 55.0 Å². The summed E-state index contributed by atoms with van der Waals surface area (Å²) in [6, 6.07) is 5.57. The second-order valence-corrected chi connectivity index (χ2v) is 6.97. The minimum atomic E-state index is -0.493. The number of nitrogens with zero attached hydrogens (tertiary/aromatic N) is 1. The first-order valence-corrected chi connectivity index (χ1v) is 9.23. The molecule has 0 unspecified atom stereocenters. The Bertz CT molecular complexity index is 900. The fourth-order valence-electron chi connectivity index (χ4n) is 3.96. The number of amides is 1. The monoisotopic (exact) mass is 358 g/mol. The molecule has 2 aliphatic heterocycles. The summed E-state index contributed by atoms with van der Waals surface area (Å²) in [5.74, 6) is -0.700. The van der Waals surface area contributed by atoms with Crippen molar-refractivity contribution in [2.75, 3.05) is 39.4 Å². The van der Waals surface area contributed by atoms with E-state index in [0.29, 0.717) is 18.5 Å². The van der Waals surface area contributed by atoms with Crippen LogP contribution in [0, 0.1) is 0 Å². The van der Waals surface area contributed by atoms with E-state index in [1.807, 2.05) is 12.1 Å². The van der Waals surface area contributed by atoms with E-state index in [4.69, 9.17) is 4.74 Å². The van der Waals surface area contributed by atoms with Crippen molar-refractivity contribution in [1.29, 1.82) is 0 Å². The van der Waals surface area contributed by atoms with Gasteiger partial charge in [-0.05, 0) is 18.1 Å². The van der Waals surface area contributed by atoms with Gasteiger partial charge in [0.2, 0.25) is 0 Å². The van der Waals surface area contributed by atoms with Crippen LogP contribution in [-0.2, 0) is 17.7 Å². The summed E-state index contributed by atoms with van der Waals surface area (Å²) >= 11 is 0.